The summed E-state index contributed by atoms with van der Waals surface area (Å²) in [5, 5.41) is 0. The van der Waals surface area contributed by atoms with Gasteiger partial charge in [-0.2, -0.15) is 0 Å². The maximum absolute atomic E-state index is 5.69. The van der Waals surface area contributed by atoms with Crippen LogP contribution in [0, 0.1) is 0 Å². The lowest BCUT2D eigenvalue weighted by Gasteiger charge is -2.12. The molecule has 0 heterocycles. The van der Waals surface area contributed by atoms with Crippen molar-refractivity contribution in [2.75, 3.05) is 19.0 Å². The molecular formula is C14H15NO. The molecule has 0 aromatic heterocycles. The summed E-state index contributed by atoms with van der Waals surface area (Å²) in [6.07, 6.45) is 0. The normalized spacial score (nSPS) is 9.88. The Kier molecular flexibility index (Phi) is 3.10. The van der Waals surface area contributed by atoms with Gasteiger partial charge in [0.1, 0.15) is 11.5 Å². The van der Waals surface area contributed by atoms with Gasteiger partial charge in [-0.15, -0.1) is 0 Å². The molecule has 0 radical (unpaired) electrons. The van der Waals surface area contributed by atoms with Gasteiger partial charge in [0.2, 0.25) is 0 Å². The third kappa shape index (κ3) is 2.54. The van der Waals surface area contributed by atoms with E-state index in [9.17, 15) is 0 Å². The molecule has 0 fully saturated rings. The summed E-state index contributed by atoms with van der Waals surface area (Å²) in [6, 6.07) is 17.8. The van der Waals surface area contributed by atoms with Crippen LogP contribution in [0.15, 0.2) is 54.6 Å². The highest BCUT2D eigenvalue weighted by atomic mass is 16.5. The molecule has 0 saturated carbocycles. The number of ether oxygens (including phenoxy) is 1. The lowest BCUT2D eigenvalue weighted by Crippen LogP contribution is -2.07. The zero-order chi connectivity index (χ0) is 11.4. The minimum Gasteiger partial charge on any atom is -0.457 e. The first-order valence-electron chi connectivity index (χ1n) is 5.26. The zero-order valence-electron chi connectivity index (χ0n) is 9.55. The molecule has 0 amide bonds. The molecule has 2 heteroatoms. The van der Waals surface area contributed by atoms with E-state index in [4.69, 9.17) is 4.74 Å². The summed E-state index contributed by atoms with van der Waals surface area (Å²) in [7, 11) is 4.04. The van der Waals surface area contributed by atoms with E-state index in [-0.39, 0.29) is 0 Å². The Morgan fingerprint density at radius 3 is 1.88 bits per heavy atom. The van der Waals surface area contributed by atoms with Crippen LogP contribution in [0.5, 0.6) is 11.5 Å². The van der Waals surface area contributed by atoms with E-state index in [2.05, 4.69) is 4.90 Å². The van der Waals surface area contributed by atoms with Crippen LogP contribution >= 0.6 is 0 Å². The van der Waals surface area contributed by atoms with Crippen LogP contribution in [0.1, 0.15) is 0 Å². The molecule has 2 aromatic rings. The van der Waals surface area contributed by atoms with Gasteiger partial charge < -0.3 is 9.64 Å². The van der Waals surface area contributed by atoms with Crippen LogP contribution in [-0.4, -0.2) is 14.1 Å². The van der Waals surface area contributed by atoms with E-state index in [1.54, 1.807) is 0 Å². The average Bonchev–Trinajstić information content (AvgIpc) is 2.31. The molecule has 16 heavy (non-hydrogen) atoms. The fraction of sp³-hybridized carbons (Fsp3) is 0.143. The fourth-order valence-corrected chi connectivity index (χ4v) is 1.44. The maximum Gasteiger partial charge on any atom is 0.127 e. The maximum atomic E-state index is 5.69. The topological polar surface area (TPSA) is 12.5 Å². The van der Waals surface area contributed by atoms with Gasteiger partial charge >= 0.3 is 0 Å². The van der Waals surface area contributed by atoms with Gasteiger partial charge in [-0.05, 0) is 36.4 Å². The monoisotopic (exact) mass is 213 g/mol. The Morgan fingerprint density at radius 1 is 0.750 bits per heavy atom. The fourth-order valence-electron chi connectivity index (χ4n) is 1.44. The number of hydrogen-bond acceptors (Lipinski definition) is 2. The third-order valence-corrected chi connectivity index (χ3v) is 2.33. The summed E-state index contributed by atoms with van der Waals surface area (Å²) >= 11 is 0. The van der Waals surface area contributed by atoms with Crippen LogP contribution in [0.25, 0.3) is 0 Å². The van der Waals surface area contributed by atoms with Crippen LogP contribution in [0.3, 0.4) is 0 Å². The third-order valence-electron chi connectivity index (χ3n) is 2.33. The molecule has 0 N–H and O–H groups in total. The lowest BCUT2D eigenvalue weighted by atomic mass is 10.3. The van der Waals surface area contributed by atoms with Gasteiger partial charge in [0.25, 0.3) is 0 Å². The second-order valence-electron chi connectivity index (χ2n) is 3.80. The van der Waals surface area contributed by atoms with Crippen molar-refractivity contribution in [2.45, 2.75) is 0 Å². The van der Waals surface area contributed by atoms with Gasteiger partial charge in [0.05, 0.1) is 0 Å². The highest BCUT2D eigenvalue weighted by Gasteiger charge is 1.97. The Balaban J connectivity index is 2.11. The Bertz CT molecular complexity index is 434. The Labute approximate surface area is 96.1 Å². The van der Waals surface area contributed by atoms with Crippen LogP contribution < -0.4 is 9.64 Å². The van der Waals surface area contributed by atoms with Gasteiger partial charge in [0, 0.05) is 19.8 Å². The standard InChI is InChI=1S/C14H15NO/c1-15(2)12-8-10-14(11-9-12)16-13-6-4-3-5-7-13/h3-11H,1-2H3. The van der Waals surface area contributed by atoms with Gasteiger partial charge in [-0.1, -0.05) is 18.2 Å². The van der Waals surface area contributed by atoms with Crippen molar-refractivity contribution in [1.82, 2.24) is 0 Å². The second kappa shape index (κ2) is 4.71. The van der Waals surface area contributed by atoms with Crippen LogP contribution in [0.4, 0.5) is 5.69 Å². The zero-order valence-corrected chi connectivity index (χ0v) is 9.55. The second-order valence-corrected chi connectivity index (χ2v) is 3.80. The molecule has 2 rings (SSSR count). The predicted octanol–water partition coefficient (Wildman–Crippen LogP) is 3.54. The smallest absolute Gasteiger partial charge is 0.127 e. The van der Waals surface area contributed by atoms with E-state index in [0.717, 1.165) is 11.5 Å². The van der Waals surface area contributed by atoms with Crippen molar-refractivity contribution in [3.8, 4) is 11.5 Å². The van der Waals surface area contributed by atoms with E-state index >= 15 is 0 Å². The molecule has 0 aliphatic rings. The number of benzene rings is 2. The van der Waals surface area contributed by atoms with Crippen molar-refractivity contribution >= 4 is 5.69 Å². The molecule has 0 spiro atoms. The van der Waals surface area contributed by atoms with Crippen LogP contribution in [-0.2, 0) is 0 Å². The first kappa shape index (κ1) is 10.6. The Morgan fingerprint density at radius 2 is 1.31 bits per heavy atom. The summed E-state index contributed by atoms with van der Waals surface area (Å²) in [5.74, 6) is 1.72. The molecule has 0 atom stereocenters. The first-order valence-corrected chi connectivity index (χ1v) is 5.26. The number of hydrogen-bond donors (Lipinski definition) is 0. The summed E-state index contributed by atoms with van der Waals surface area (Å²) in [6.45, 7) is 0. The number of rotatable bonds is 3. The number of anilines is 1. The average molecular weight is 213 g/mol. The Hall–Kier alpha value is -1.96. The molecular weight excluding hydrogens is 198 g/mol. The molecule has 0 bridgehead atoms. The largest absolute Gasteiger partial charge is 0.457 e. The van der Waals surface area contributed by atoms with Crippen molar-refractivity contribution in [3.05, 3.63) is 54.6 Å². The first-order chi connectivity index (χ1) is 7.75. The predicted molar refractivity (Wildman–Crippen MR) is 67.3 cm³/mol. The molecule has 0 aliphatic carbocycles. The quantitative estimate of drug-likeness (QED) is 0.773. The lowest BCUT2D eigenvalue weighted by molar-refractivity contribution is 0.483. The van der Waals surface area contributed by atoms with Gasteiger partial charge in [-0.3, -0.25) is 0 Å². The summed E-state index contributed by atoms with van der Waals surface area (Å²) in [5.41, 5.74) is 1.17. The van der Waals surface area contributed by atoms with Gasteiger partial charge in [0.15, 0.2) is 0 Å². The number of nitrogens with zero attached hydrogens (tertiary/aromatic N) is 1. The summed E-state index contributed by atoms with van der Waals surface area (Å²) < 4.78 is 5.69. The molecule has 0 unspecified atom stereocenters. The minimum atomic E-state index is 0.858. The van der Waals surface area contributed by atoms with Crippen molar-refractivity contribution in [1.29, 1.82) is 0 Å². The van der Waals surface area contributed by atoms with Crippen molar-refractivity contribution in [2.24, 2.45) is 0 Å². The molecule has 82 valence electrons. The molecule has 0 saturated heterocycles. The molecule has 2 nitrogen and oxygen atoms in total. The highest BCUT2D eigenvalue weighted by molar-refractivity contribution is 5.48. The summed E-state index contributed by atoms with van der Waals surface area (Å²) in [4.78, 5) is 2.06. The molecule has 2 aromatic carbocycles. The minimum absolute atomic E-state index is 0.858. The van der Waals surface area contributed by atoms with E-state index in [0.29, 0.717) is 0 Å². The van der Waals surface area contributed by atoms with Crippen LogP contribution in [0.2, 0.25) is 0 Å². The van der Waals surface area contributed by atoms with E-state index in [1.807, 2.05) is 68.7 Å². The van der Waals surface area contributed by atoms with Crippen molar-refractivity contribution in [3.63, 3.8) is 0 Å². The van der Waals surface area contributed by atoms with E-state index in [1.165, 1.54) is 5.69 Å². The van der Waals surface area contributed by atoms with Crippen molar-refractivity contribution < 1.29 is 4.74 Å². The highest BCUT2D eigenvalue weighted by Crippen LogP contribution is 2.23. The van der Waals surface area contributed by atoms with Gasteiger partial charge in [-0.25, -0.2) is 0 Å². The molecule has 0 aliphatic heterocycles. The number of para-hydroxylation sites is 1. The van der Waals surface area contributed by atoms with E-state index < -0.39 is 0 Å². The SMILES string of the molecule is CN(C)c1ccc(Oc2ccccc2)cc1.